The van der Waals surface area contributed by atoms with Gasteiger partial charge in [0.05, 0.1) is 6.61 Å². The first-order valence-corrected chi connectivity index (χ1v) is 7.26. The second kappa shape index (κ2) is 8.57. The SMILES string of the molecule is COC(CN[C@H](C)c1ccccc1)OCc1ccccc1. The van der Waals surface area contributed by atoms with E-state index >= 15 is 0 Å². The quantitative estimate of drug-likeness (QED) is 0.753. The monoisotopic (exact) mass is 285 g/mol. The predicted octanol–water partition coefficient (Wildman–Crippen LogP) is 3.53. The third kappa shape index (κ3) is 5.31. The summed E-state index contributed by atoms with van der Waals surface area (Å²) in [6.07, 6.45) is -0.253. The summed E-state index contributed by atoms with van der Waals surface area (Å²) in [5.41, 5.74) is 2.41. The third-order valence-corrected chi connectivity index (χ3v) is 3.43. The van der Waals surface area contributed by atoms with Crippen LogP contribution >= 0.6 is 0 Å². The second-order valence-electron chi connectivity index (χ2n) is 5.00. The van der Waals surface area contributed by atoms with Crippen LogP contribution in [-0.2, 0) is 16.1 Å². The van der Waals surface area contributed by atoms with E-state index in [2.05, 4.69) is 24.4 Å². The fraction of sp³-hybridized carbons (Fsp3) is 0.333. The van der Waals surface area contributed by atoms with Crippen molar-refractivity contribution in [3.63, 3.8) is 0 Å². The van der Waals surface area contributed by atoms with Crippen LogP contribution in [0.1, 0.15) is 24.1 Å². The van der Waals surface area contributed by atoms with Gasteiger partial charge in [0.25, 0.3) is 0 Å². The molecule has 0 heterocycles. The molecule has 0 saturated heterocycles. The summed E-state index contributed by atoms with van der Waals surface area (Å²) in [5, 5.41) is 3.44. The van der Waals surface area contributed by atoms with Crippen molar-refractivity contribution < 1.29 is 9.47 Å². The van der Waals surface area contributed by atoms with Gasteiger partial charge in [0, 0.05) is 19.7 Å². The molecular formula is C18H23NO2. The molecule has 2 aromatic rings. The van der Waals surface area contributed by atoms with E-state index < -0.39 is 0 Å². The van der Waals surface area contributed by atoms with Gasteiger partial charge in [-0.1, -0.05) is 60.7 Å². The Labute approximate surface area is 126 Å². The van der Waals surface area contributed by atoms with Crippen molar-refractivity contribution in [1.82, 2.24) is 5.32 Å². The van der Waals surface area contributed by atoms with Gasteiger partial charge in [-0.05, 0) is 18.1 Å². The molecule has 112 valence electrons. The Morgan fingerprint density at radius 3 is 2.19 bits per heavy atom. The summed E-state index contributed by atoms with van der Waals surface area (Å²) in [7, 11) is 1.67. The lowest BCUT2D eigenvalue weighted by Gasteiger charge is -2.20. The number of ether oxygens (including phenoxy) is 2. The second-order valence-corrected chi connectivity index (χ2v) is 5.00. The van der Waals surface area contributed by atoms with Gasteiger partial charge in [0.15, 0.2) is 6.29 Å². The van der Waals surface area contributed by atoms with Crippen LogP contribution in [0.15, 0.2) is 60.7 Å². The number of nitrogens with one attached hydrogen (secondary N) is 1. The van der Waals surface area contributed by atoms with E-state index in [1.165, 1.54) is 5.56 Å². The summed E-state index contributed by atoms with van der Waals surface area (Å²) in [5.74, 6) is 0. The maximum Gasteiger partial charge on any atom is 0.169 e. The van der Waals surface area contributed by atoms with Crippen LogP contribution < -0.4 is 5.32 Å². The summed E-state index contributed by atoms with van der Waals surface area (Å²) in [6, 6.07) is 20.7. The van der Waals surface area contributed by atoms with Crippen LogP contribution in [0, 0.1) is 0 Å². The third-order valence-electron chi connectivity index (χ3n) is 3.43. The lowest BCUT2D eigenvalue weighted by molar-refractivity contribution is -0.129. The highest BCUT2D eigenvalue weighted by Gasteiger charge is 2.10. The molecule has 0 aromatic heterocycles. The first kappa shape index (κ1) is 15.7. The van der Waals surface area contributed by atoms with Gasteiger partial charge in [0.1, 0.15) is 0 Å². The number of hydrogen-bond donors (Lipinski definition) is 1. The van der Waals surface area contributed by atoms with Crippen LogP contribution in [0.25, 0.3) is 0 Å². The molecule has 1 N–H and O–H groups in total. The van der Waals surface area contributed by atoms with Gasteiger partial charge in [-0.2, -0.15) is 0 Å². The number of benzene rings is 2. The molecule has 0 aliphatic heterocycles. The highest BCUT2D eigenvalue weighted by Crippen LogP contribution is 2.11. The molecule has 0 aliphatic rings. The van der Waals surface area contributed by atoms with Gasteiger partial charge in [-0.15, -0.1) is 0 Å². The first-order chi connectivity index (χ1) is 10.3. The Bertz CT molecular complexity index is 501. The Morgan fingerprint density at radius 2 is 1.57 bits per heavy atom. The Balaban J connectivity index is 1.77. The molecule has 3 heteroatoms. The summed E-state index contributed by atoms with van der Waals surface area (Å²) < 4.78 is 11.2. The Morgan fingerprint density at radius 1 is 0.952 bits per heavy atom. The molecule has 2 rings (SSSR count). The molecule has 0 spiro atoms. The van der Waals surface area contributed by atoms with Crippen molar-refractivity contribution in [2.75, 3.05) is 13.7 Å². The largest absolute Gasteiger partial charge is 0.355 e. The minimum atomic E-state index is -0.253. The molecule has 0 amide bonds. The zero-order chi connectivity index (χ0) is 14.9. The van der Waals surface area contributed by atoms with E-state index in [1.54, 1.807) is 7.11 Å². The number of hydrogen-bond acceptors (Lipinski definition) is 3. The van der Waals surface area contributed by atoms with Gasteiger partial charge >= 0.3 is 0 Å². The first-order valence-electron chi connectivity index (χ1n) is 7.26. The van der Waals surface area contributed by atoms with Gasteiger partial charge in [0.2, 0.25) is 0 Å². The lowest BCUT2D eigenvalue weighted by Crippen LogP contribution is -2.32. The molecule has 0 saturated carbocycles. The molecule has 0 aliphatic carbocycles. The van der Waals surface area contributed by atoms with Crippen LogP contribution in [0.2, 0.25) is 0 Å². The minimum Gasteiger partial charge on any atom is -0.355 e. The van der Waals surface area contributed by atoms with E-state index in [0.29, 0.717) is 13.2 Å². The van der Waals surface area contributed by atoms with E-state index in [-0.39, 0.29) is 12.3 Å². The van der Waals surface area contributed by atoms with E-state index in [0.717, 1.165) is 5.56 Å². The topological polar surface area (TPSA) is 30.5 Å². The minimum absolute atomic E-state index is 0.253. The average Bonchev–Trinajstić information content (AvgIpc) is 2.56. The fourth-order valence-corrected chi connectivity index (χ4v) is 2.11. The van der Waals surface area contributed by atoms with Crippen molar-refractivity contribution in [3.05, 3.63) is 71.8 Å². The maximum absolute atomic E-state index is 5.78. The van der Waals surface area contributed by atoms with E-state index in [4.69, 9.17) is 9.47 Å². The molecule has 0 radical (unpaired) electrons. The van der Waals surface area contributed by atoms with Crippen LogP contribution in [0.5, 0.6) is 0 Å². The summed E-state index contributed by atoms with van der Waals surface area (Å²) >= 11 is 0. The van der Waals surface area contributed by atoms with Crippen molar-refractivity contribution >= 4 is 0 Å². The zero-order valence-electron chi connectivity index (χ0n) is 12.7. The smallest absolute Gasteiger partial charge is 0.169 e. The highest BCUT2D eigenvalue weighted by atomic mass is 16.7. The van der Waals surface area contributed by atoms with Gasteiger partial charge in [-0.3, -0.25) is 0 Å². The molecule has 2 aromatic carbocycles. The van der Waals surface area contributed by atoms with Gasteiger partial charge < -0.3 is 14.8 Å². The molecule has 21 heavy (non-hydrogen) atoms. The standard InChI is InChI=1S/C18H23NO2/c1-15(17-11-7-4-8-12-17)19-13-18(20-2)21-14-16-9-5-3-6-10-16/h3-12,15,18-19H,13-14H2,1-2H3/t15-,18?/m1/s1. The van der Waals surface area contributed by atoms with Crippen molar-refractivity contribution in [2.45, 2.75) is 25.9 Å². The Kier molecular flexibility index (Phi) is 6.41. The number of methoxy groups -OCH3 is 1. The summed E-state index contributed by atoms with van der Waals surface area (Å²) in [6.45, 7) is 3.35. The van der Waals surface area contributed by atoms with E-state index in [1.807, 2.05) is 48.5 Å². The predicted molar refractivity (Wildman–Crippen MR) is 84.9 cm³/mol. The Hall–Kier alpha value is -1.68. The highest BCUT2D eigenvalue weighted by molar-refractivity contribution is 5.18. The van der Waals surface area contributed by atoms with Crippen LogP contribution in [-0.4, -0.2) is 19.9 Å². The number of rotatable bonds is 8. The molecular weight excluding hydrogens is 262 g/mol. The van der Waals surface area contributed by atoms with Crippen molar-refractivity contribution in [2.24, 2.45) is 0 Å². The fourth-order valence-electron chi connectivity index (χ4n) is 2.11. The lowest BCUT2D eigenvalue weighted by atomic mass is 10.1. The van der Waals surface area contributed by atoms with Crippen molar-refractivity contribution in [1.29, 1.82) is 0 Å². The summed E-state index contributed by atoms with van der Waals surface area (Å²) in [4.78, 5) is 0. The van der Waals surface area contributed by atoms with Crippen LogP contribution in [0.4, 0.5) is 0 Å². The molecule has 3 nitrogen and oxygen atoms in total. The van der Waals surface area contributed by atoms with Crippen LogP contribution in [0.3, 0.4) is 0 Å². The van der Waals surface area contributed by atoms with Crippen molar-refractivity contribution in [3.8, 4) is 0 Å². The zero-order valence-corrected chi connectivity index (χ0v) is 12.7. The molecule has 0 fully saturated rings. The van der Waals surface area contributed by atoms with Gasteiger partial charge in [-0.25, -0.2) is 0 Å². The van der Waals surface area contributed by atoms with E-state index in [9.17, 15) is 0 Å². The normalized spacial score (nSPS) is 13.8. The molecule has 2 atom stereocenters. The molecule has 1 unspecified atom stereocenters. The average molecular weight is 285 g/mol. The molecule has 0 bridgehead atoms. The maximum atomic E-state index is 5.78.